The van der Waals surface area contributed by atoms with Crippen LogP contribution < -0.4 is 10.9 Å². The standard InChI is InChI=1S/C14H9Cl2FN2O2/c15-9-4-1-3-8(7-9)13(20)18-19-14(21)12-10(16)5-2-6-11(12)17/h1-7H,(H,18,20)(H,19,21). The monoisotopic (exact) mass is 326 g/mol. The molecule has 0 saturated carbocycles. The van der Waals surface area contributed by atoms with Gasteiger partial charge in [-0.2, -0.15) is 0 Å². The van der Waals surface area contributed by atoms with E-state index < -0.39 is 17.6 Å². The first-order valence-corrected chi connectivity index (χ1v) is 6.55. The Labute approximate surface area is 129 Å². The lowest BCUT2D eigenvalue weighted by Gasteiger charge is -2.09. The van der Waals surface area contributed by atoms with Crippen LogP contribution in [-0.4, -0.2) is 11.8 Å². The van der Waals surface area contributed by atoms with Crippen LogP contribution in [-0.2, 0) is 0 Å². The summed E-state index contributed by atoms with van der Waals surface area (Å²) in [6.45, 7) is 0. The second kappa shape index (κ2) is 6.56. The SMILES string of the molecule is O=C(NNC(=O)c1c(F)cccc1Cl)c1cccc(Cl)c1. The molecule has 4 nitrogen and oxygen atoms in total. The number of hydrogen-bond acceptors (Lipinski definition) is 2. The first-order chi connectivity index (χ1) is 9.99. The second-order valence-corrected chi connectivity index (χ2v) is 4.86. The third-order valence-electron chi connectivity index (χ3n) is 2.57. The topological polar surface area (TPSA) is 58.2 Å². The van der Waals surface area contributed by atoms with E-state index in [-0.39, 0.29) is 16.1 Å². The van der Waals surface area contributed by atoms with Gasteiger partial charge >= 0.3 is 0 Å². The Morgan fingerprint density at radius 3 is 2.29 bits per heavy atom. The van der Waals surface area contributed by atoms with E-state index in [9.17, 15) is 14.0 Å². The average molecular weight is 327 g/mol. The maximum absolute atomic E-state index is 13.5. The molecule has 0 fully saturated rings. The van der Waals surface area contributed by atoms with E-state index in [0.29, 0.717) is 5.02 Å². The summed E-state index contributed by atoms with van der Waals surface area (Å²) in [6.07, 6.45) is 0. The van der Waals surface area contributed by atoms with Gasteiger partial charge in [-0.3, -0.25) is 20.4 Å². The van der Waals surface area contributed by atoms with Crippen LogP contribution in [0.2, 0.25) is 10.0 Å². The highest BCUT2D eigenvalue weighted by Crippen LogP contribution is 2.18. The molecular formula is C14H9Cl2FN2O2. The van der Waals surface area contributed by atoms with Crippen molar-refractivity contribution in [2.24, 2.45) is 0 Å². The van der Waals surface area contributed by atoms with Gasteiger partial charge < -0.3 is 0 Å². The molecule has 2 rings (SSSR count). The van der Waals surface area contributed by atoms with E-state index >= 15 is 0 Å². The van der Waals surface area contributed by atoms with Crippen molar-refractivity contribution in [2.75, 3.05) is 0 Å². The number of benzene rings is 2. The minimum atomic E-state index is -0.853. The Hall–Kier alpha value is -2.11. The molecule has 0 aliphatic carbocycles. The molecule has 2 N–H and O–H groups in total. The van der Waals surface area contributed by atoms with E-state index in [1.165, 1.54) is 24.3 Å². The van der Waals surface area contributed by atoms with Gasteiger partial charge in [-0.15, -0.1) is 0 Å². The predicted molar refractivity (Wildman–Crippen MR) is 77.8 cm³/mol. The molecule has 0 saturated heterocycles. The van der Waals surface area contributed by atoms with Crippen LogP contribution in [0.15, 0.2) is 42.5 Å². The molecular weight excluding hydrogens is 318 g/mol. The fourth-order valence-corrected chi connectivity index (χ4v) is 2.03. The fourth-order valence-electron chi connectivity index (χ4n) is 1.59. The van der Waals surface area contributed by atoms with Crippen LogP contribution in [0, 0.1) is 5.82 Å². The average Bonchev–Trinajstić information content (AvgIpc) is 2.44. The number of carbonyl (C=O) groups excluding carboxylic acids is 2. The van der Waals surface area contributed by atoms with E-state index in [1.54, 1.807) is 12.1 Å². The van der Waals surface area contributed by atoms with Crippen molar-refractivity contribution in [3.05, 3.63) is 69.5 Å². The number of rotatable bonds is 2. The minimum Gasteiger partial charge on any atom is -0.267 e. The van der Waals surface area contributed by atoms with E-state index in [0.717, 1.165) is 6.07 Å². The zero-order valence-corrected chi connectivity index (χ0v) is 12.0. The molecule has 0 spiro atoms. The number of nitrogens with one attached hydrogen (secondary N) is 2. The van der Waals surface area contributed by atoms with Crippen LogP contribution in [0.4, 0.5) is 4.39 Å². The van der Waals surface area contributed by atoms with Gasteiger partial charge in [-0.1, -0.05) is 35.3 Å². The van der Waals surface area contributed by atoms with Gasteiger partial charge in [0.1, 0.15) is 5.82 Å². The minimum absolute atomic E-state index is 0.0514. The van der Waals surface area contributed by atoms with Crippen molar-refractivity contribution >= 4 is 35.0 Å². The number of amides is 2. The van der Waals surface area contributed by atoms with Gasteiger partial charge in [0.2, 0.25) is 0 Å². The molecule has 0 aromatic heterocycles. The van der Waals surface area contributed by atoms with Gasteiger partial charge in [0.15, 0.2) is 0 Å². The summed E-state index contributed by atoms with van der Waals surface area (Å²) < 4.78 is 13.5. The van der Waals surface area contributed by atoms with Gasteiger partial charge in [-0.25, -0.2) is 4.39 Å². The Morgan fingerprint density at radius 2 is 1.62 bits per heavy atom. The van der Waals surface area contributed by atoms with Gasteiger partial charge in [0.05, 0.1) is 10.6 Å². The van der Waals surface area contributed by atoms with Gasteiger partial charge in [-0.05, 0) is 30.3 Å². The molecule has 0 aliphatic rings. The molecule has 0 heterocycles. The Bertz CT molecular complexity index is 687. The van der Waals surface area contributed by atoms with Gasteiger partial charge in [0.25, 0.3) is 11.8 Å². The van der Waals surface area contributed by atoms with Crippen molar-refractivity contribution in [2.45, 2.75) is 0 Å². The summed E-state index contributed by atoms with van der Waals surface area (Å²) in [7, 11) is 0. The molecule has 0 bridgehead atoms. The number of carbonyl (C=O) groups is 2. The zero-order valence-electron chi connectivity index (χ0n) is 10.5. The van der Waals surface area contributed by atoms with Crippen molar-refractivity contribution < 1.29 is 14.0 Å². The fraction of sp³-hybridized carbons (Fsp3) is 0. The number of halogens is 3. The first-order valence-electron chi connectivity index (χ1n) is 5.79. The maximum atomic E-state index is 13.5. The molecule has 108 valence electrons. The maximum Gasteiger partial charge on any atom is 0.274 e. The lowest BCUT2D eigenvalue weighted by atomic mass is 10.2. The van der Waals surface area contributed by atoms with E-state index in [2.05, 4.69) is 10.9 Å². The summed E-state index contributed by atoms with van der Waals surface area (Å²) in [5.74, 6) is -2.22. The number of hydrazine groups is 1. The van der Waals surface area contributed by atoms with Crippen LogP contribution in [0.1, 0.15) is 20.7 Å². The first kappa shape index (κ1) is 15.3. The summed E-state index contributed by atoms with van der Waals surface area (Å²) in [5, 5.41) is 0.329. The van der Waals surface area contributed by atoms with Crippen molar-refractivity contribution in [1.82, 2.24) is 10.9 Å². The summed E-state index contributed by atoms with van der Waals surface area (Å²) in [6, 6.07) is 9.99. The lowest BCUT2D eigenvalue weighted by molar-refractivity contribution is 0.0844. The zero-order chi connectivity index (χ0) is 15.4. The summed E-state index contributed by atoms with van der Waals surface area (Å²) in [4.78, 5) is 23.6. The second-order valence-electron chi connectivity index (χ2n) is 4.02. The highest BCUT2D eigenvalue weighted by atomic mass is 35.5. The smallest absolute Gasteiger partial charge is 0.267 e. The normalized spacial score (nSPS) is 10.0. The summed E-state index contributed by atoms with van der Waals surface area (Å²) >= 11 is 11.5. The van der Waals surface area contributed by atoms with Crippen LogP contribution in [0.25, 0.3) is 0 Å². The van der Waals surface area contributed by atoms with Crippen LogP contribution in [0.3, 0.4) is 0 Å². The van der Waals surface area contributed by atoms with Crippen molar-refractivity contribution in [3.8, 4) is 0 Å². The van der Waals surface area contributed by atoms with E-state index in [1.807, 2.05) is 0 Å². The highest BCUT2D eigenvalue weighted by molar-refractivity contribution is 6.34. The van der Waals surface area contributed by atoms with Crippen molar-refractivity contribution in [1.29, 1.82) is 0 Å². The van der Waals surface area contributed by atoms with Gasteiger partial charge in [0, 0.05) is 10.6 Å². The molecule has 2 aromatic rings. The largest absolute Gasteiger partial charge is 0.274 e. The van der Waals surface area contributed by atoms with Crippen LogP contribution >= 0.6 is 23.2 Å². The Balaban J connectivity index is 2.06. The Morgan fingerprint density at radius 1 is 0.952 bits per heavy atom. The molecule has 21 heavy (non-hydrogen) atoms. The Kier molecular flexibility index (Phi) is 4.77. The molecule has 0 aliphatic heterocycles. The van der Waals surface area contributed by atoms with Crippen LogP contribution in [0.5, 0.6) is 0 Å². The molecule has 2 amide bonds. The molecule has 2 aromatic carbocycles. The van der Waals surface area contributed by atoms with Crippen molar-refractivity contribution in [3.63, 3.8) is 0 Å². The molecule has 0 unspecified atom stereocenters. The lowest BCUT2D eigenvalue weighted by Crippen LogP contribution is -2.42. The third kappa shape index (κ3) is 3.71. The molecule has 0 atom stereocenters. The third-order valence-corrected chi connectivity index (χ3v) is 3.12. The predicted octanol–water partition coefficient (Wildman–Crippen LogP) is 3.21. The highest BCUT2D eigenvalue weighted by Gasteiger charge is 2.16. The van der Waals surface area contributed by atoms with E-state index in [4.69, 9.17) is 23.2 Å². The quantitative estimate of drug-likeness (QED) is 0.832. The molecule has 0 radical (unpaired) electrons. The summed E-state index contributed by atoms with van der Waals surface area (Å²) in [5.41, 5.74) is 4.16. The number of hydrogen-bond donors (Lipinski definition) is 2. The molecule has 7 heteroatoms.